The van der Waals surface area contributed by atoms with Crippen molar-refractivity contribution in [2.24, 2.45) is 0 Å². The fourth-order valence-electron chi connectivity index (χ4n) is 2.92. The van der Waals surface area contributed by atoms with Crippen molar-refractivity contribution in [3.05, 3.63) is 28.3 Å². The number of carboxylic acid groups (broad SMARTS) is 1. The number of amides is 1. The third-order valence-electron chi connectivity index (χ3n) is 4.18. The van der Waals surface area contributed by atoms with E-state index in [2.05, 4.69) is 5.32 Å². The summed E-state index contributed by atoms with van der Waals surface area (Å²) >= 11 is 0. The number of carbonyl (C=O) groups excluding carboxylic acids is 1. The van der Waals surface area contributed by atoms with Gasteiger partial charge in [-0.3, -0.25) is 9.59 Å². The van der Waals surface area contributed by atoms with Crippen molar-refractivity contribution in [1.82, 2.24) is 0 Å². The molecule has 0 spiro atoms. The molecule has 1 fully saturated rings. The van der Waals surface area contributed by atoms with Crippen LogP contribution in [0, 0.1) is 13.8 Å². The second-order valence-electron chi connectivity index (χ2n) is 5.34. The Morgan fingerprint density at radius 2 is 2.06 bits per heavy atom. The first kappa shape index (κ1) is 11.3. The second kappa shape index (κ2) is 3.34. The summed E-state index contributed by atoms with van der Waals surface area (Å²) in [4.78, 5) is 23.0. The number of aliphatic carboxylic acids is 1. The Hall–Kier alpha value is -1.84. The smallest absolute Gasteiger partial charge is 0.314 e. The first-order valence-electron chi connectivity index (χ1n) is 6.12. The van der Waals surface area contributed by atoms with Crippen molar-refractivity contribution < 1.29 is 14.7 Å². The maximum Gasteiger partial charge on any atom is 0.314 e. The van der Waals surface area contributed by atoms with Crippen molar-refractivity contribution in [2.75, 3.05) is 5.32 Å². The summed E-state index contributed by atoms with van der Waals surface area (Å²) in [5.74, 6) is -0.822. The van der Waals surface area contributed by atoms with Gasteiger partial charge >= 0.3 is 5.97 Å². The molecule has 18 heavy (non-hydrogen) atoms. The lowest BCUT2D eigenvalue weighted by atomic mass is 9.86. The third-order valence-corrected chi connectivity index (χ3v) is 4.18. The molecule has 1 aromatic carbocycles. The molecule has 0 aromatic heterocycles. The minimum absolute atomic E-state index is 0.0440. The summed E-state index contributed by atoms with van der Waals surface area (Å²) in [6.45, 7) is 3.91. The molecule has 1 aliphatic carbocycles. The van der Waals surface area contributed by atoms with E-state index in [0.717, 1.165) is 27.9 Å². The fourth-order valence-corrected chi connectivity index (χ4v) is 2.92. The average molecular weight is 245 g/mol. The Morgan fingerprint density at radius 1 is 1.39 bits per heavy atom. The normalized spacial score (nSPS) is 19.3. The maximum absolute atomic E-state index is 11.5. The number of rotatable bonds is 2. The quantitative estimate of drug-likeness (QED) is 0.836. The lowest BCUT2D eigenvalue weighted by molar-refractivity contribution is -0.140. The van der Waals surface area contributed by atoms with E-state index in [4.69, 9.17) is 0 Å². The van der Waals surface area contributed by atoms with Gasteiger partial charge in [-0.15, -0.1) is 0 Å². The molecule has 4 heteroatoms. The molecule has 1 aromatic rings. The van der Waals surface area contributed by atoms with Crippen LogP contribution in [0.4, 0.5) is 5.69 Å². The van der Waals surface area contributed by atoms with Gasteiger partial charge in [-0.1, -0.05) is 6.07 Å². The van der Waals surface area contributed by atoms with Crippen molar-refractivity contribution >= 4 is 17.6 Å². The fraction of sp³-hybridized carbons (Fsp3) is 0.429. The first-order valence-corrected chi connectivity index (χ1v) is 6.12. The van der Waals surface area contributed by atoms with Gasteiger partial charge in [0.05, 0.1) is 11.8 Å². The first-order chi connectivity index (χ1) is 8.45. The van der Waals surface area contributed by atoms with Crippen LogP contribution in [0.5, 0.6) is 0 Å². The highest BCUT2D eigenvalue weighted by Gasteiger charge is 2.54. The molecule has 4 nitrogen and oxygen atoms in total. The molecule has 0 radical (unpaired) electrons. The predicted molar refractivity (Wildman–Crippen MR) is 66.8 cm³/mol. The van der Waals surface area contributed by atoms with Gasteiger partial charge in [0.2, 0.25) is 5.91 Å². The highest BCUT2D eigenvalue weighted by atomic mass is 16.4. The van der Waals surface area contributed by atoms with Crippen molar-refractivity contribution in [3.8, 4) is 0 Å². The van der Waals surface area contributed by atoms with E-state index < -0.39 is 11.4 Å². The van der Waals surface area contributed by atoms with E-state index in [1.54, 1.807) is 0 Å². The van der Waals surface area contributed by atoms with Gasteiger partial charge in [0, 0.05) is 5.69 Å². The van der Waals surface area contributed by atoms with Crippen LogP contribution in [0.25, 0.3) is 0 Å². The van der Waals surface area contributed by atoms with E-state index in [9.17, 15) is 14.7 Å². The molecule has 1 saturated carbocycles. The number of hydrogen-bond acceptors (Lipinski definition) is 2. The molecule has 0 unspecified atom stereocenters. The third kappa shape index (κ3) is 1.32. The highest BCUT2D eigenvalue weighted by molar-refractivity contribution is 6.02. The topological polar surface area (TPSA) is 66.4 Å². The van der Waals surface area contributed by atoms with Crippen LogP contribution in [0.15, 0.2) is 6.07 Å². The number of carbonyl (C=O) groups is 2. The predicted octanol–water partition coefficient (Wildman–Crippen LogP) is 1.91. The minimum Gasteiger partial charge on any atom is -0.481 e. The number of nitrogens with one attached hydrogen (secondary N) is 1. The molecule has 1 amide bonds. The molecule has 94 valence electrons. The molecule has 0 atom stereocenters. The number of hydrogen-bond donors (Lipinski definition) is 2. The molecule has 3 rings (SSSR count). The van der Waals surface area contributed by atoms with E-state index in [0.29, 0.717) is 19.3 Å². The van der Waals surface area contributed by atoms with E-state index >= 15 is 0 Å². The van der Waals surface area contributed by atoms with Gasteiger partial charge in [-0.25, -0.2) is 0 Å². The number of fused-ring (bicyclic) bond motifs is 1. The van der Waals surface area contributed by atoms with Crippen molar-refractivity contribution in [2.45, 2.75) is 38.5 Å². The summed E-state index contributed by atoms with van der Waals surface area (Å²) in [7, 11) is 0. The molecule has 0 saturated heterocycles. The minimum atomic E-state index is -0.778. The molecule has 1 aliphatic heterocycles. The standard InChI is InChI=1S/C14H15NO3/c1-7-5-9-6-10(16)15-12(9)11(8(7)2)14(3-4-14)13(17)18/h5H,3-4,6H2,1-2H3,(H,15,16)(H,17,18). The van der Waals surface area contributed by atoms with E-state index in [1.165, 1.54) is 0 Å². The van der Waals surface area contributed by atoms with Crippen LogP contribution < -0.4 is 5.32 Å². The van der Waals surface area contributed by atoms with Gasteiger partial charge in [0.25, 0.3) is 0 Å². The number of anilines is 1. The zero-order chi connectivity index (χ0) is 13.1. The molecular formula is C14H15NO3. The number of aryl methyl sites for hydroxylation is 1. The zero-order valence-electron chi connectivity index (χ0n) is 10.5. The molecule has 0 bridgehead atoms. The van der Waals surface area contributed by atoms with Gasteiger partial charge < -0.3 is 10.4 Å². The number of benzene rings is 1. The summed E-state index contributed by atoms with van der Waals surface area (Å²) in [5, 5.41) is 12.3. The van der Waals surface area contributed by atoms with Crippen LogP contribution in [-0.2, 0) is 21.4 Å². The molecule has 2 N–H and O–H groups in total. The van der Waals surface area contributed by atoms with Gasteiger partial charge in [-0.2, -0.15) is 0 Å². The van der Waals surface area contributed by atoms with Gasteiger partial charge in [-0.05, 0) is 48.9 Å². The summed E-state index contributed by atoms with van der Waals surface area (Å²) < 4.78 is 0. The van der Waals surface area contributed by atoms with Gasteiger partial charge in [0.15, 0.2) is 0 Å². The van der Waals surface area contributed by atoms with Gasteiger partial charge in [0.1, 0.15) is 0 Å². The molecule has 2 aliphatic rings. The lowest BCUT2D eigenvalue weighted by Crippen LogP contribution is -2.23. The van der Waals surface area contributed by atoms with E-state index in [-0.39, 0.29) is 5.91 Å². The van der Waals surface area contributed by atoms with Crippen LogP contribution in [-0.4, -0.2) is 17.0 Å². The average Bonchev–Trinajstić information content (AvgIpc) is 2.99. The lowest BCUT2D eigenvalue weighted by Gasteiger charge is -2.19. The maximum atomic E-state index is 11.5. The summed E-state index contributed by atoms with van der Waals surface area (Å²) in [5.41, 5.74) is 3.81. The Kier molecular flexibility index (Phi) is 2.09. The zero-order valence-corrected chi connectivity index (χ0v) is 10.5. The summed E-state index contributed by atoms with van der Waals surface area (Å²) in [6, 6.07) is 1.99. The van der Waals surface area contributed by atoms with E-state index in [1.807, 2.05) is 19.9 Å². The van der Waals surface area contributed by atoms with Crippen LogP contribution in [0.2, 0.25) is 0 Å². The van der Waals surface area contributed by atoms with Crippen LogP contribution in [0.3, 0.4) is 0 Å². The molecular weight excluding hydrogens is 230 g/mol. The van der Waals surface area contributed by atoms with Crippen LogP contribution in [0.1, 0.15) is 35.1 Å². The largest absolute Gasteiger partial charge is 0.481 e. The SMILES string of the molecule is Cc1cc2c(c(C3(C(=O)O)CC3)c1C)NC(=O)C2. The monoisotopic (exact) mass is 245 g/mol. The van der Waals surface area contributed by atoms with Crippen LogP contribution >= 0.6 is 0 Å². The highest BCUT2D eigenvalue weighted by Crippen LogP contribution is 2.54. The number of carboxylic acids is 1. The molecule has 1 heterocycles. The second-order valence-corrected chi connectivity index (χ2v) is 5.34. The Morgan fingerprint density at radius 3 is 2.61 bits per heavy atom. The van der Waals surface area contributed by atoms with Crippen molar-refractivity contribution in [3.63, 3.8) is 0 Å². The Balaban J connectivity index is 2.27. The Bertz CT molecular complexity index is 585. The van der Waals surface area contributed by atoms with Crippen molar-refractivity contribution in [1.29, 1.82) is 0 Å². The Labute approximate surface area is 105 Å². The summed E-state index contributed by atoms with van der Waals surface area (Å²) in [6.07, 6.45) is 1.68.